The smallest absolute Gasteiger partial charge is 0.270 e. The van der Waals surface area contributed by atoms with Crippen molar-refractivity contribution in [3.63, 3.8) is 0 Å². The number of hydrogen-bond acceptors (Lipinski definition) is 4. The summed E-state index contributed by atoms with van der Waals surface area (Å²) < 4.78 is 5.95. The minimum Gasteiger partial charge on any atom is -0.457 e. The molecule has 1 aliphatic rings. The molecule has 0 atom stereocenters. The summed E-state index contributed by atoms with van der Waals surface area (Å²) in [4.78, 5) is 30.0. The number of thiocarbonyl (C=S) groups is 1. The number of aryl methyl sites for hydroxylation is 1. The molecule has 5 rings (SSSR count). The van der Waals surface area contributed by atoms with Crippen molar-refractivity contribution in [1.82, 2.24) is 0 Å². The van der Waals surface area contributed by atoms with E-state index >= 15 is 0 Å². The summed E-state index contributed by atoms with van der Waals surface area (Å²) in [5, 5.41) is 0.675. The second-order valence-corrected chi connectivity index (χ2v) is 8.76. The Morgan fingerprint density at radius 1 is 0.829 bits per heavy atom. The quantitative estimate of drug-likeness (QED) is 0.179. The largest absolute Gasteiger partial charge is 0.457 e. The molecule has 1 aromatic heterocycles. The van der Waals surface area contributed by atoms with Crippen molar-refractivity contribution in [1.29, 1.82) is 0 Å². The van der Waals surface area contributed by atoms with Crippen molar-refractivity contribution in [2.24, 2.45) is 0 Å². The van der Waals surface area contributed by atoms with Crippen molar-refractivity contribution in [2.45, 2.75) is 6.92 Å². The third kappa shape index (κ3) is 4.30. The lowest BCUT2D eigenvalue weighted by molar-refractivity contribution is -0.120. The van der Waals surface area contributed by atoms with Gasteiger partial charge in [0.05, 0.1) is 11.4 Å². The topological polar surface area (TPSA) is 53.8 Å². The molecule has 7 heteroatoms. The summed E-state index contributed by atoms with van der Waals surface area (Å²) in [5.41, 5.74) is 2.76. The normalized spacial score (nSPS) is 15.3. The highest BCUT2D eigenvalue weighted by molar-refractivity contribution is 7.81. The zero-order chi connectivity index (χ0) is 24.5. The molecule has 0 radical (unpaired) electrons. The van der Waals surface area contributed by atoms with Crippen LogP contribution in [-0.2, 0) is 9.59 Å². The van der Waals surface area contributed by atoms with E-state index in [0.717, 1.165) is 11.1 Å². The molecular weight excluding hydrogens is 480 g/mol. The van der Waals surface area contributed by atoms with E-state index in [-0.39, 0.29) is 10.7 Å². The van der Waals surface area contributed by atoms with Crippen molar-refractivity contribution < 1.29 is 14.0 Å². The van der Waals surface area contributed by atoms with E-state index in [1.54, 1.807) is 42.5 Å². The lowest BCUT2D eigenvalue weighted by Gasteiger charge is -2.37. The number of halogens is 1. The van der Waals surface area contributed by atoms with Crippen LogP contribution in [0.15, 0.2) is 101 Å². The molecule has 0 bridgehead atoms. The number of para-hydroxylation sites is 2. The highest BCUT2D eigenvalue weighted by atomic mass is 35.5. The molecule has 172 valence electrons. The predicted molar refractivity (Wildman–Crippen MR) is 142 cm³/mol. The van der Waals surface area contributed by atoms with Gasteiger partial charge in [0.15, 0.2) is 5.11 Å². The van der Waals surface area contributed by atoms with Crippen LogP contribution in [0.2, 0.25) is 5.02 Å². The van der Waals surface area contributed by atoms with Gasteiger partial charge in [0.25, 0.3) is 11.8 Å². The summed E-state index contributed by atoms with van der Waals surface area (Å²) in [7, 11) is 0. The minimum absolute atomic E-state index is 0.0577. The first-order chi connectivity index (χ1) is 16.9. The summed E-state index contributed by atoms with van der Waals surface area (Å²) in [6, 6.07) is 27.2. The lowest BCUT2D eigenvalue weighted by atomic mass is 10.1. The maximum Gasteiger partial charge on any atom is 0.270 e. The van der Waals surface area contributed by atoms with Gasteiger partial charge in [0, 0.05) is 10.6 Å². The van der Waals surface area contributed by atoms with Crippen LogP contribution in [0.4, 0.5) is 11.4 Å². The molecule has 0 unspecified atom stereocenters. The van der Waals surface area contributed by atoms with Gasteiger partial charge in [-0.1, -0.05) is 60.1 Å². The highest BCUT2D eigenvalue weighted by Gasteiger charge is 2.41. The predicted octanol–water partition coefficient (Wildman–Crippen LogP) is 6.66. The zero-order valence-corrected chi connectivity index (χ0v) is 20.2. The maximum absolute atomic E-state index is 13.7. The average molecular weight is 499 g/mol. The van der Waals surface area contributed by atoms with Crippen LogP contribution in [0, 0.1) is 6.92 Å². The van der Waals surface area contributed by atoms with Crippen molar-refractivity contribution in [3.05, 3.63) is 113 Å². The zero-order valence-electron chi connectivity index (χ0n) is 18.6. The fraction of sp³-hybridized carbons (Fsp3) is 0.0357. The van der Waals surface area contributed by atoms with Crippen LogP contribution in [-0.4, -0.2) is 16.9 Å². The first kappa shape index (κ1) is 22.8. The average Bonchev–Trinajstić information content (AvgIpc) is 3.33. The number of carbonyl (C=O) groups is 2. The third-order valence-corrected chi connectivity index (χ3v) is 6.24. The fourth-order valence-corrected chi connectivity index (χ4v) is 4.49. The maximum atomic E-state index is 13.7. The SMILES string of the molecule is Cc1ccccc1N1C(=O)/C(=C\c2ccc(-c3cccc(Cl)c3)o2)C(=O)N(c2ccccc2)C1=S. The summed E-state index contributed by atoms with van der Waals surface area (Å²) in [6.07, 6.45) is 1.46. The van der Waals surface area contributed by atoms with Crippen molar-refractivity contribution >= 4 is 58.2 Å². The second-order valence-electron chi connectivity index (χ2n) is 7.96. The molecule has 1 fully saturated rings. The van der Waals surface area contributed by atoms with Gasteiger partial charge in [0.1, 0.15) is 17.1 Å². The Bertz CT molecular complexity index is 1490. The Hall–Kier alpha value is -4.00. The van der Waals surface area contributed by atoms with Crippen LogP contribution in [0.5, 0.6) is 0 Å². The number of anilines is 2. The minimum atomic E-state index is -0.517. The molecule has 1 aliphatic heterocycles. The van der Waals surface area contributed by atoms with Crippen molar-refractivity contribution in [2.75, 3.05) is 9.80 Å². The molecule has 5 nitrogen and oxygen atoms in total. The summed E-state index contributed by atoms with van der Waals surface area (Å²) in [6.45, 7) is 1.89. The van der Waals surface area contributed by atoms with E-state index in [2.05, 4.69) is 0 Å². The van der Waals surface area contributed by atoms with Gasteiger partial charge in [-0.25, -0.2) is 0 Å². The van der Waals surface area contributed by atoms with Gasteiger partial charge in [-0.2, -0.15) is 0 Å². The first-order valence-electron chi connectivity index (χ1n) is 10.8. The van der Waals surface area contributed by atoms with Gasteiger partial charge in [-0.3, -0.25) is 19.4 Å². The van der Waals surface area contributed by atoms with Crippen LogP contribution in [0.25, 0.3) is 17.4 Å². The first-order valence-corrected chi connectivity index (χ1v) is 11.6. The van der Waals surface area contributed by atoms with Gasteiger partial charge in [-0.05, 0) is 73.2 Å². The van der Waals surface area contributed by atoms with E-state index in [4.69, 9.17) is 28.2 Å². The summed E-state index contributed by atoms with van der Waals surface area (Å²) >= 11 is 11.8. The van der Waals surface area contributed by atoms with Gasteiger partial charge < -0.3 is 4.42 Å². The van der Waals surface area contributed by atoms with E-state index in [1.165, 1.54) is 15.9 Å². The number of hydrogen-bond donors (Lipinski definition) is 0. The van der Waals surface area contributed by atoms with Crippen LogP contribution in [0.1, 0.15) is 11.3 Å². The number of rotatable bonds is 4. The van der Waals surface area contributed by atoms with E-state index in [9.17, 15) is 9.59 Å². The van der Waals surface area contributed by atoms with E-state index < -0.39 is 11.8 Å². The number of furan rings is 1. The lowest BCUT2D eigenvalue weighted by Crippen LogP contribution is -2.57. The van der Waals surface area contributed by atoms with Gasteiger partial charge in [0.2, 0.25) is 0 Å². The Labute approximate surface area is 212 Å². The molecule has 0 saturated carbocycles. The Morgan fingerprint density at radius 3 is 2.29 bits per heavy atom. The molecule has 35 heavy (non-hydrogen) atoms. The Kier molecular flexibility index (Phi) is 6.07. The van der Waals surface area contributed by atoms with E-state index in [0.29, 0.717) is 27.9 Å². The molecule has 1 saturated heterocycles. The van der Waals surface area contributed by atoms with E-state index in [1.807, 2.05) is 55.5 Å². The molecule has 3 aromatic carbocycles. The number of carbonyl (C=O) groups excluding carboxylic acids is 2. The van der Waals surface area contributed by atoms with Crippen LogP contribution >= 0.6 is 23.8 Å². The number of nitrogens with zero attached hydrogens (tertiary/aromatic N) is 2. The Balaban J connectivity index is 1.61. The standard InChI is InChI=1S/C28H19ClN2O3S/c1-18-8-5-6-13-24(18)31-27(33)23(26(32)30(28(31)35)21-11-3-2-4-12-21)17-22-14-15-25(34-22)19-9-7-10-20(29)16-19/h2-17H,1H3/b23-17-. The summed E-state index contributed by atoms with van der Waals surface area (Å²) in [5.74, 6) is -0.0950. The van der Waals surface area contributed by atoms with Gasteiger partial charge in [-0.15, -0.1) is 0 Å². The Morgan fingerprint density at radius 2 is 1.54 bits per heavy atom. The van der Waals surface area contributed by atoms with Crippen LogP contribution in [0.3, 0.4) is 0 Å². The number of benzene rings is 3. The molecule has 4 aromatic rings. The van der Waals surface area contributed by atoms with Crippen molar-refractivity contribution in [3.8, 4) is 11.3 Å². The molecule has 2 heterocycles. The second kappa shape index (κ2) is 9.33. The third-order valence-electron chi connectivity index (χ3n) is 5.64. The molecular formula is C28H19ClN2O3S. The van der Waals surface area contributed by atoms with Gasteiger partial charge >= 0.3 is 0 Å². The molecule has 0 aliphatic carbocycles. The molecule has 2 amide bonds. The molecule has 0 N–H and O–H groups in total. The highest BCUT2D eigenvalue weighted by Crippen LogP contribution is 2.32. The monoisotopic (exact) mass is 498 g/mol. The fourth-order valence-electron chi connectivity index (χ4n) is 3.93. The number of amides is 2. The molecule has 0 spiro atoms. The van der Waals surface area contributed by atoms with Crippen LogP contribution < -0.4 is 9.80 Å².